The summed E-state index contributed by atoms with van der Waals surface area (Å²) in [4.78, 5) is 11.5. The van der Waals surface area contributed by atoms with Gasteiger partial charge in [-0.05, 0) is 72.0 Å². The van der Waals surface area contributed by atoms with Gasteiger partial charge in [0.25, 0.3) is 0 Å². The highest BCUT2D eigenvalue weighted by atomic mass is 35.5. The van der Waals surface area contributed by atoms with Gasteiger partial charge in [-0.1, -0.05) is 41.4 Å². The zero-order valence-electron chi connectivity index (χ0n) is 15.9. The van der Waals surface area contributed by atoms with Crippen molar-refractivity contribution in [2.75, 3.05) is 0 Å². The van der Waals surface area contributed by atoms with Crippen LogP contribution in [0.15, 0.2) is 66.9 Å². The van der Waals surface area contributed by atoms with E-state index in [2.05, 4.69) is 0 Å². The first kappa shape index (κ1) is 20.5. The van der Waals surface area contributed by atoms with Gasteiger partial charge in [-0.3, -0.25) is 0 Å². The molecule has 4 aromatic rings. The summed E-state index contributed by atoms with van der Waals surface area (Å²) in [7, 11) is 0. The highest BCUT2D eigenvalue weighted by Gasteiger charge is 2.13. The standard InChI is InChI=1S/C24H18Cl2FNO2/c25-18-8-6-15(4-5-16-7-9-19(26)13-22(16)27)17(12-18)14-28-11-10-20-21(24(29)30)2-1-3-23(20)28/h1-3,6-13H,4-5,14H2,(H,29,30). The van der Waals surface area contributed by atoms with Crippen molar-refractivity contribution >= 4 is 40.1 Å². The topological polar surface area (TPSA) is 42.2 Å². The zero-order valence-corrected chi connectivity index (χ0v) is 17.4. The van der Waals surface area contributed by atoms with Gasteiger partial charge in [-0.25, -0.2) is 9.18 Å². The molecule has 1 aromatic heterocycles. The summed E-state index contributed by atoms with van der Waals surface area (Å²) in [6.45, 7) is 0.533. The maximum atomic E-state index is 14.1. The molecular weight excluding hydrogens is 424 g/mol. The fourth-order valence-electron chi connectivity index (χ4n) is 3.71. The van der Waals surface area contributed by atoms with E-state index in [-0.39, 0.29) is 11.4 Å². The first-order chi connectivity index (χ1) is 14.4. The van der Waals surface area contributed by atoms with E-state index in [1.807, 2.05) is 41.1 Å². The molecule has 0 atom stereocenters. The van der Waals surface area contributed by atoms with Gasteiger partial charge in [-0.2, -0.15) is 0 Å². The lowest BCUT2D eigenvalue weighted by Gasteiger charge is -2.13. The van der Waals surface area contributed by atoms with Gasteiger partial charge in [-0.15, -0.1) is 0 Å². The Morgan fingerprint density at radius 3 is 2.33 bits per heavy atom. The Morgan fingerprint density at radius 2 is 1.60 bits per heavy atom. The molecule has 0 radical (unpaired) electrons. The Bertz CT molecular complexity index is 1250. The van der Waals surface area contributed by atoms with Gasteiger partial charge < -0.3 is 9.67 Å². The van der Waals surface area contributed by atoms with Gasteiger partial charge in [0.15, 0.2) is 0 Å². The third kappa shape index (κ3) is 4.20. The predicted octanol–water partition coefficient (Wildman–Crippen LogP) is 6.62. The second kappa shape index (κ2) is 8.50. The molecule has 0 spiro atoms. The molecule has 6 heteroatoms. The minimum Gasteiger partial charge on any atom is -0.478 e. The largest absolute Gasteiger partial charge is 0.478 e. The lowest BCUT2D eigenvalue weighted by atomic mass is 9.99. The van der Waals surface area contributed by atoms with E-state index in [4.69, 9.17) is 23.2 Å². The second-order valence-corrected chi connectivity index (χ2v) is 8.01. The number of hydrogen-bond acceptors (Lipinski definition) is 1. The maximum absolute atomic E-state index is 14.1. The number of carboxylic acids is 1. The molecule has 0 aliphatic carbocycles. The molecule has 1 heterocycles. The van der Waals surface area contributed by atoms with Gasteiger partial charge >= 0.3 is 5.97 Å². The Hall–Kier alpha value is -2.82. The number of nitrogens with zero attached hydrogens (tertiary/aromatic N) is 1. The van der Waals surface area contributed by atoms with Crippen LogP contribution >= 0.6 is 23.2 Å². The van der Waals surface area contributed by atoms with Crippen LogP contribution in [0.5, 0.6) is 0 Å². The van der Waals surface area contributed by atoms with E-state index in [0.29, 0.717) is 40.4 Å². The van der Waals surface area contributed by atoms with Crippen LogP contribution < -0.4 is 0 Å². The molecular formula is C24H18Cl2FNO2. The third-order valence-corrected chi connectivity index (χ3v) is 5.70. The highest BCUT2D eigenvalue weighted by molar-refractivity contribution is 6.30. The summed E-state index contributed by atoms with van der Waals surface area (Å²) < 4.78 is 16.1. The fourth-order valence-corrected chi connectivity index (χ4v) is 4.06. The Kier molecular flexibility index (Phi) is 5.80. The third-order valence-electron chi connectivity index (χ3n) is 5.23. The second-order valence-electron chi connectivity index (χ2n) is 7.14. The first-order valence-corrected chi connectivity index (χ1v) is 10.2. The van der Waals surface area contributed by atoms with Crippen LogP contribution in [0.3, 0.4) is 0 Å². The average molecular weight is 442 g/mol. The predicted molar refractivity (Wildman–Crippen MR) is 118 cm³/mol. The van der Waals surface area contributed by atoms with Crippen molar-refractivity contribution in [3.63, 3.8) is 0 Å². The van der Waals surface area contributed by atoms with E-state index in [9.17, 15) is 14.3 Å². The molecule has 152 valence electrons. The molecule has 3 aromatic carbocycles. The minimum absolute atomic E-state index is 0.274. The van der Waals surface area contributed by atoms with Crippen LogP contribution in [-0.4, -0.2) is 15.6 Å². The van der Waals surface area contributed by atoms with Crippen LogP contribution in [0.4, 0.5) is 4.39 Å². The monoisotopic (exact) mass is 441 g/mol. The Morgan fingerprint density at radius 1 is 0.900 bits per heavy atom. The molecule has 0 saturated heterocycles. The van der Waals surface area contributed by atoms with Crippen LogP contribution in [0.2, 0.25) is 10.0 Å². The van der Waals surface area contributed by atoms with Crippen molar-refractivity contribution < 1.29 is 14.3 Å². The summed E-state index contributed by atoms with van der Waals surface area (Å²) in [5.41, 5.74) is 3.79. The quantitative estimate of drug-likeness (QED) is 0.365. The number of carboxylic acid groups (broad SMARTS) is 1. The number of carbonyl (C=O) groups is 1. The molecule has 3 nitrogen and oxygen atoms in total. The van der Waals surface area contributed by atoms with Crippen molar-refractivity contribution in [3.8, 4) is 0 Å². The molecule has 0 fully saturated rings. The van der Waals surface area contributed by atoms with Crippen molar-refractivity contribution in [2.45, 2.75) is 19.4 Å². The van der Waals surface area contributed by atoms with E-state index in [1.165, 1.54) is 6.07 Å². The molecule has 0 bridgehead atoms. The van der Waals surface area contributed by atoms with E-state index >= 15 is 0 Å². The van der Waals surface area contributed by atoms with E-state index < -0.39 is 5.97 Å². The number of halogens is 3. The Labute approximate surface area is 183 Å². The molecule has 1 N–H and O–H groups in total. The van der Waals surface area contributed by atoms with Crippen molar-refractivity contribution in [3.05, 3.63) is 105 Å². The normalized spacial score (nSPS) is 11.2. The summed E-state index contributed by atoms with van der Waals surface area (Å²) in [5.74, 6) is -1.26. The molecule has 30 heavy (non-hydrogen) atoms. The van der Waals surface area contributed by atoms with E-state index in [0.717, 1.165) is 16.6 Å². The summed E-state index contributed by atoms with van der Waals surface area (Å²) in [6, 6.07) is 17.5. The van der Waals surface area contributed by atoms with Crippen molar-refractivity contribution in [2.24, 2.45) is 0 Å². The lowest BCUT2D eigenvalue weighted by molar-refractivity contribution is 0.0699. The Balaban J connectivity index is 1.64. The summed E-state index contributed by atoms with van der Waals surface area (Å²) >= 11 is 12.1. The van der Waals surface area contributed by atoms with Gasteiger partial charge in [0.1, 0.15) is 5.82 Å². The van der Waals surface area contributed by atoms with Crippen molar-refractivity contribution in [1.82, 2.24) is 4.57 Å². The number of fused-ring (bicyclic) bond motifs is 1. The smallest absolute Gasteiger partial charge is 0.336 e. The van der Waals surface area contributed by atoms with Crippen LogP contribution in [0.1, 0.15) is 27.0 Å². The zero-order chi connectivity index (χ0) is 21.3. The lowest BCUT2D eigenvalue weighted by Crippen LogP contribution is -2.04. The average Bonchev–Trinajstić information content (AvgIpc) is 3.11. The number of aromatic nitrogens is 1. The van der Waals surface area contributed by atoms with Crippen LogP contribution in [-0.2, 0) is 19.4 Å². The van der Waals surface area contributed by atoms with Crippen LogP contribution in [0, 0.1) is 5.82 Å². The number of hydrogen-bond donors (Lipinski definition) is 1. The maximum Gasteiger partial charge on any atom is 0.336 e. The molecule has 0 aliphatic heterocycles. The first-order valence-electron chi connectivity index (χ1n) is 9.45. The van der Waals surface area contributed by atoms with Gasteiger partial charge in [0.2, 0.25) is 0 Å². The summed E-state index contributed by atoms with van der Waals surface area (Å²) in [5, 5.41) is 11.1. The minimum atomic E-state index is -0.952. The molecule has 0 saturated carbocycles. The van der Waals surface area contributed by atoms with Gasteiger partial charge in [0, 0.05) is 33.7 Å². The SMILES string of the molecule is O=C(O)c1cccc2c1ccn2Cc1cc(Cl)ccc1CCc1ccc(Cl)cc1F. The number of rotatable bonds is 6. The van der Waals surface area contributed by atoms with E-state index in [1.54, 1.807) is 24.3 Å². The molecule has 0 aliphatic rings. The molecule has 4 rings (SSSR count). The summed E-state index contributed by atoms with van der Waals surface area (Å²) in [6.07, 6.45) is 3.05. The number of aromatic carboxylic acids is 1. The number of benzene rings is 3. The molecule has 0 unspecified atom stereocenters. The highest BCUT2D eigenvalue weighted by Crippen LogP contribution is 2.25. The van der Waals surface area contributed by atoms with Crippen molar-refractivity contribution in [1.29, 1.82) is 0 Å². The van der Waals surface area contributed by atoms with Crippen LogP contribution in [0.25, 0.3) is 10.9 Å². The number of aryl methyl sites for hydroxylation is 2. The molecule has 0 amide bonds. The van der Waals surface area contributed by atoms with Gasteiger partial charge in [0.05, 0.1) is 5.56 Å². The fraction of sp³-hybridized carbons (Fsp3) is 0.125.